The number of nitrogens with one attached hydrogen (secondary N) is 1. The Labute approximate surface area is 170 Å². The Bertz CT molecular complexity index is 985. The minimum absolute atomic E-state index is 0.330. The molecule has 6 heteroatoms. The predicted molar refractivity (Wildman–Crippen MR) is 110 cm³/mol. The molecule has 152 valence electrons. The molecule has 0 saturated carbocycles. The van der Waals surface area contributed by atoms with Crippen LogP contribution in [0.2, 0.25) is 0 Å². The smallest absolute Gasteiger partial charge is 0.340 e. The molecule has 6 nitrogen and oxygen atoms in total. The van der Waals surface area contributed by atoms with Crippen LogP contribution in [-0.4, -0.2) is 22.5 Å². The van der Waals surface area contributed by atoms with Crippen LogP contribution < -0.4 is 5.32 Å². The van der Waals surface area contributed by atoms with Crippen molar-refractivity contribution in [1.29, 1.82) is 0 Å². The number of rotatable bonds is 7. The first kappa shape index (κ1) is 20.5. The van der Waals surface area contributed by atoms with Crippen molar-refractivity contribution in [2.24, 2.45) is 0 Å². The second-order valence-corrected chi connectivity index (χ2v) is 7.20. The third-order valence-electron chi connectivity index (χ3n) is 4.93. The van der Waals surface area contributed by atoms with Crippen molar-refractivity contribution in [2.45, 2.75) is 46.9 Å². The Morgan fingerprint density at radius 2 is 1.86 bits per heavy atom. The highest BCUT2D eigenvalue weighted by molar-refractivity contribution is 5.93. The molecular formula is C23H26N2O4. The molecule has 3 aromatic rings. The molecule has 0 spiro atoms. The summed E-state index contributed by atoms with van der Waals surface area (Å²) in [5, 5.41) is 2.80. The zero-order valence-corrected chi connectivity index (χ0v) is 17.2. The van der Waals surface area contributed by atoms with E-state index >= 15 is 0 Å². The Morgan fingerprint density at radius 3 is 2.52 bits per heavy atom. The maximum Gasteiger partial charge on any atom is 0.340 e. The van der Waals surface area contributed by atoms with Gasteiger partial charge in [-0.25, -0.2) is 4.79 Å². The molecule has 2 heterocycles. The summed E-state index contributed by atoms with van der Waals surface area (Å²) in [4.78, 5) is 24.9. The van der Waals surface area contributed by atoms with E-state index in [4.69, 9.17) is 9.15 Å². The first-order chi connectivity index (χ1) is 13.8. The molecule has 1 amide bonds. The first-order valence-electron chi connectivity index (χ1n) is 9.58. The molecule has 0 aliphatic carbocycles. The van der Waals surface area contributed by atoms with Gasteiger partial charge in [0.1, 0.15) is 5.76 Å². The summed E-state index contributed by atoms with van der Waals surface area (Å²) < 4.78 is 12.8. The van der Waals surface area contributed by atoms with Crippen LogP contribution >= 0.6 is 0 Å². The fourth-order valence-corrected chi connectivity index (χ4v) is 3.13. The highest BCUT2D eigenvalue weighted by Crippen LogP contribution is 2.19. The minimum Gasteiger partial charge on any atom is -0.467 e. The summed E-state index contributed by atoms with van der Waals surface area (Å²) >= 11 is 0. The average Bonchev–Trinajstić information content (AvgIpc) is 3.31. The largest absolute Gasteiger partial charge is 0.467 e. The summed E-state index contributed by atoms with van der Waals surface area (Å²) in [5.74, 6) is -0.0410. The summed E-state index contributed by atoms with van der Waals surface area (Å²) in [6, 6.07) is 13.4. The monoisotopic (exact) mass is 394 g/mol. The van der Waals surface area contributed by atoms with Gasteiger partial charge in [0, 0.05) is 17.9 Å². The topological polar surface area (TPSA) is 73.5 Å². The summed E-state index contributed by atoms with van der Waals surface area (Å²) in [6.45, 7) is 8.28. The molecular weight excluding hydrogens is 368 g/mol. The van der Waals surface area contributed by atoms with Gasteiger partial charge in [-0.1, -0.05) is 29.8 Å². The van der Waals surface area contributed by atoms with Crippen molar-refractivity contribution in [3.63, 3.8) is 0 Å². The van der Waals surface area contributed by atoms with Crippen LogP contribution in [0.4, 0.5) is 0 Å². The fourth-order valence-electron chi connectivity index (χ4n) is 3.13. The molecule has 2 aromatic heterocycles. The molecule has 3 rings (SSSR count). The van der Waals surface area contributed by atoms with Gasteiger partial charge in [-0.2, -0.15) is 0 Å². The van der Waals surface area contributed by atoms with E-state index < -0.39 is 12.1 Å². The maximum absolute atomic E-state index is 12.6. The van der Waals surface area contributed by atoms with E-state index in [1.807, 2.05) is 61.7 Å². The van der Waals surface area contributed by atoms with Gasteiger partial charge in [0.05, 0.1) is 18.4 Å². The minimum atomic E-state index is -0.888. The van der Waals surface area contributed by atoms with Crippen LogP contribution in [0.1, 0.15) is 45.6 Å². The van der Waals surface area contributed by atoms with Crippen LogP contribution in [0.5, 0.6) is 0 Å². The van der Waals surface area contributed by atoms with E-state index in [1.165, 1.54) is 0 Å². The molecule has 1 aromatic carbocycles. The third-order valence-corrected chi connectivity index (χ3v) is 4.93. The van der Waals surface area contributed by atoms with Gasteiger partial charge in [0.2, 0.25) is 0 Å². The second kappa shape index (κ2) is 8.82. The van der Waals surface area contributed by atoms with Gasteiger partial charge in [-0.05, 0) is 51.5 Å². The molecule has 29 heavy (non-hydrogen) atoms. The lowest BCUT2D eigenvalue weighted by molar-refractivity contribution is -0.129. The van der Waals surface area contributed by atoms with Crippen molar-refractivity contribution in [2.75, 3.05) is 0 Å². The summed E-state index contributed by atoms with van der Waals surface area (Å²) in [5.41, 5.74) is 4.29. The molecule has 0 unspecified atom stereocenters. The number of hydrogen-bond acceptors (Lipinski definition) is 4. The molecule has 1 atom stereocenters. The zero-order chi connectivity index (χ0) is 21.0. The Balaban J connectivity index is 1.60. The number of aryl methyl sites for hydroxylation is 2. The lowest BCUT2D eigenvalue weighted by Gasteiger charge is -2.14. The zero-order valence-electron chi connectivity index (χ0n) is 17.2. The number of aromatic nitrogens is 1. The quantitative estimate of drug-likeness (QED) is 0.617. The summed E-state index contributed by atoms with van der Waals surface area (Å²) in [7, 11) is 0. The maximum atomic E-state index is 12.6. The average molecular weight is 394 g/mol. The summed E-state index contributed by atoms with van der Waals surface area (Å²) in [6.07, 6.45) is 0.733. The number of amides is 1. The van der Waals surface area contributed by atoms with Crippen LogP contribution in [0, 0.1) is 20.8 Å². The third kappa shape index (κ3) is 4.96. The molecule has 0 aliphatic heterocycles. The number of benzene rings is 1. The fraction of sp³-hybridized carbons (Fsp3) is 0.304. The van der Waals surface area contributed by atoms with Gasteiger partial charge >= 0.3 is 5.97 Å². The van der Waals surface area contributed by atoms with Crippen molar-refractivity contribution < 1.29 is 18.7 Å². The van der Waals surface area contributed by atoms with Crippen LogP contribution in [0.15, 0.2) is 53.1 Å². The number of ether oxygens (including phenoxy) is 1. The number of carbonyl (C=O) groups excluding carboxylic acids is 2. The normalized spacial score (nSPS) is 11.9. The molecule has 1 N–H and O–H groups in total. The van der Waals surface area contributed by atoms with Gasteiger partial charge in [0.25, 0.3) is 5.91 Å². The van der Waals surface area contributed by atoms with Crippen LogP contribution in [0.25, 0.3) is 0 Å². The van der Waals surface area contributed by atoms with Crippen molar-refractivity contribution in [3.8, 4) is 0 Å². The molecule has 0 aliphatic rings. The highest BCUT2D eigenvalue weighted by Gasteiger charge is 2.22. The van der Waals surface area contributed by atoms with Gasteiger partial charge in [0.15, 0.2) is 6.10 Å². The first-order valence-corrected chi connectivity index (χ1v) is 9.58. The van der Waals surface area contributed by atoms with Gasteiger partial charge in [-0.15, -0.1) is 0 Å². The van der Waals surface area contributed by atoms with E-state index in [0.717, 1.165) is 28.3 Å². The standard InChI is InChI=1S/C23H26N2O4/c1-15-7-9-19(10-8-15)13-24-22(26)18(4)29-23(27)21-12-16(2)25(17(21)3)14-20-6-5-11-28-20/h5-12,18H,13-14H2,1-4H3,(H,24,26)/t18-/m0/s1. The van der Waals surface area contributed by atoms with Crippen molar-refractivity contribution >= 4 is 11.9 Å². The molecule has 0 bridgehead atoms. The van der Waals surface area contributed by atoms with E-state index in [2.05, 4.69) is 5.32 Å². The number of esters is 1. The van der Waals surface area contributed by atoms with E-state index in [-0.39, 0.29) is 5.91 Å². The Kier molecular flexibility index (Phi) is 6.22. The second-order valence-electron chi connectivity index (χ2n) is 7.20. The lowest BCUT2D eigenvalue weighted by Crippen LogP contribution is -2.35. The molecule has 0 saturated heterocycles. The number of carbonyl (C=O) groups is 2. The van der Waals surface area contributed by atoms with Gasteiger partial charge < -0.3 is 19.0 Å². The SMILES string of the molecule is Cc1ccc(CNC(=O)[C@H](C)OC(=O)c2cc(C)n(Cc3ccco3)c2C)cc1. The number of furan rings is 1. The highest BCUT2D eigenvalue weighted by atomic mass is 16.5. The van der Waals surface area contributed by atoms with Crippen LogP contribution in [-0.2, 0) is 22.6 Å². The van der Waals surface area contributed by atoms with Gasteiger partial charge in [-0.3, -0.25) is 4.79 Å². The number of nitrogens with zero attached hydrogens (tertiary/aromatic N) is 1. The lowest BCUT2D eigenvalue weighted by atomic mass is 10.1. The molecule has 0 fully saturated rings. The molecule has 0 radical (unpaired) electrons. The number of hydrogen-bond donors (Lipinski definition) is 1. The Hall–Kier alpha value is -3.28. The van der Waals surface area contributed by atoms with Crippen molar-refractivity contribution in [1.82, 2.24) is 9.88 Å². The van der Waals surface area contributed by atoms with Crippen molar-refractivity contribution in [3.05, 3.63) is 82.6 Å². The Morgan fingerprint density at radius 1 is 1.14 bits per heavy atom. The van der Waals surface area contributed by atoms with Crippen LogP contribution in [0.3, 0.4) is 0 Å². The van der Waals surface area contributed by atoms with E-state index in [0.29, 0.717) is 18.7 Å². The van der Waals surface area contributed by atoms with E-state index in [9.17, 15) is 9.59 Å². The van der Waals surface area contributed by atoms with E-state index in [1.54, 1.807) is 19.3 Å². The predicted octanol–water partition coefficient (Wildman–Crippen LogP) is 3.92.